The molecule has 0 spiro atoms. The average Bonchev–Trinajstić information content (AvgIpc) is 2.91. The Kier molecular flexibility index (Phi) is 7.68. The summed E-state index contributed by atoms with van der Waals surface area (Å²) in [5.41, 5.74) is -0.299. The second-order valence-electron chi connectivity index (χ2n) is 5.36. The Balaban J connectivity index is 0.00000288. The Morgan fingerprint density at radius 3 is 2.88 bits per heavy atom. The fraction of sp³-hybridized carbons (Fsp3) is 0.500. The maximum Gasteiger partial charge on any atom is 0.312 e. The zero-order valence-corrected chi connectivity index (χ0v) is 14.5. The van der Waals surface area contributed by atoms with Crippen molar-refractivity contribution in [2.75, 3.05) is 19.6 Å². The van der Waals surface area contributed by atoms with Gasteiger partial charge < -0.3 is 20.5 Å². The van der Waals surface area contributed by atoms with Crippen LogP contribution >= 0.6 is 24.0 Å². The second kappa shape index (κ2) is 9.03. The minimum atomic E-state index is -0.915. The quantitative estimate of drug-likeness (QED) is 0.504. The molecular weight excluding hydrogens is 361 g/mol. The minimum Gasteiger partial charge on any atom is -0.474 e. The van der Waals surface area contributed by atoms with Crippen molar-refractivity contribution in [3.63, 3.8) is 0 Å². The molecule has 1 fully saturated rings. The molecule has 1 heterocycles. The van der Waals surface area contributed by atoms with E-state index >= 15 is 0 Å². The molecule has 1 aromatic carbocycles. The summed E-state index contributed by atoms with van der Waals surface area (Å²) < 4.78 is 5.38. The number of carbonyl (C=O) groups is 1. The number of hydrogen-bond acceptors (Lipinski definition) is 6. The number of ether oxygens (including phenoxy) is 1. The lowest BCUT2D eigenvalue weighted by molar-refractivity contribution is -0.386. The Labute approximate surface area is 150 Å². The van der Waals surface area contributed by atoms with Gasteiger partial charge in [0.2, 0.25) is 0 Å². The average molecular weight is 380 g/mol. The molecule has 0 radical (unpaired) electrons. The molecule has 0 saturated carbocycles. The van der Waals surface area contributed by atoms with Crippen molar-refractivity contribution < 1.29 is 19.6 Å². The van der Waals surface area contributed by atoms with E-state index in [0.717, 1.165) is 0 Å². The van der Waals surface area contributed by atoms with Crippen LogP contribution in [0, 0.1) is 16.0 Å². The van der Waals surface area contributed by atoms with E-state index in [-0.39, 0.29) is 34.8 Å². The van der Waals surface area contributed by atoms with E-state index in [1.807, 2.05) is 0 Å². The Bertz CT molecular complexity index is 602. The topological polar surface area (TPSA) is 114 Å². The zero-order valence-electron chi connectivity index (χ0n) is 12.9. The standard InChI is InChI=1S/C14H18ClN3O5.ClH/c1-8(14(20)17-6-9-5-16-7-12(9)19)23-13-3-2-10(15)4-11(13)18(21)22;/h2-4,8-9,12,16,19H,5-7H2,1H3,(H,17,20);1H. The molecule has 3 atom stereocenters. The van der Waals surface area contributed by atoms with E-state index in [2.05, 4.69) is 10.6 Å². The summed E-state index contributed by atoms with van der Waals surface area (Å²) in [5, 5.41) is 26.6. The number of amides is 1. The molecule has 10 heteroatoms. The number of nitrogens with one attached hydrogen (secondary N) is 2. The Hall–Kier alpha value is -1.61. The van der Waals surface area contributed by atoms with Crippen molar-refractivity contribution in [1.29, 1.82) is 0 Å². The number of aliphatic hydroxyl groups is 1. The van der Waals surface area contributed by atoms with E-state index in [1.54, 1.807) is 0 Å². The minimum absolute atomic E-state index is 0. The van der Waals surface area contributed by atoms with Crippen LogP contribution in [0.15, 0.2) is 18.2 Å². The number of hydrogen-bond donors (Lipinski definition) is 3. The molecule has 1 amide bonds. The summed E-state index contributed by atoms with van der Waals surface area (Å²) in [6, 6.07) is 3.98. The summed E-state index contributed by atoms with van der Waals surface area (Å²) in [6.45, 7) is 2.93. The molecule has 0 aliphatic carbocycles. The first-order valence-corrected chi connectivity index (χ1v) is 7.53. The van der Waals surface area contributed by atoms with E-state index in [4.69, 9.17) is 16.3 Å². The van der Waals surface area contributed by atoms with E-state index in [1.165, 1.54) is 25.1 Å². The first kappa shape index (κ1) is 20.4. The molecule has 8 nitrogen and oxygen atoms in total. The van der Waals surface area contributed by atoms with Gasteiger partial charge in [0.1, 0.15) is 0 Å². The van der Waals surface area contributed by atoms with E-state index < -0.39 is 23.0 Å². The monoisotopic (exact) mass is 379 g/mol. The molecule has 1 aliphatic heterocycles. The largest absolute Gasteiger partial charge is 0.474 e. The molecule has 3 unspecified atom stereocenters. The summed E-state index contributed by atoms with van der Waals surface area (Å²) in [4.78, 5) is 22.4. The van der Waals surface area contributed by atoms with Gasteiger partial charge in [-0.3, -0.25) is 14.9 Å². The number of aliphatic hydroxyl groups excluding tert-OH is 1. The number of carbonyl (C=O) groups excluding carboxylic acids is 1. The highest BCUT2D eigenvalue weighted by molar-refractivity contribution is 6.30. The summed E-state index contributed by atoms with van der Waals surface area (Å²) in [7, 11) is 0. The highest BCUT2D eigenvalue weighted by Gasteiger charge is 2.27. The number of rotatable bonds is 6. The smallest absolute Gasteiger partial charge is 0.312 e. The van der Waals surface area contributed by atoms with Crippen molar-refractivity contribution in [2.24, 2.45) is 5.92 Å². The van der Waals surface area contributed by atoms with Gasteiger partial charge in [0.05, 0.1) is 11.0 Å². The zero-order chi connectivity index (χ0) is 17.0. The number of nitrogens with zero attached hydrogens (tertiary/aromatic N) is 1. The van der Waals surface area contributed by atoms with Crippen molar-refractivity contribution in [3.05, 3.63) is 33.3 Å². The predicted octanol–water partition coefficient (Wildman–Crippen LogP) is 1.13. The van der Waals surface area contributed by atoms with Crippen molar-refractivity contribution >= 4 is 35.6 Å². The van der Waals surface area contributed by atoms with Gasteiger partial charge in [0.15, 0.2) is 11.9 Å². The van der Waals surface area contributed by atoms with Crippen LogP contribution in [0.3, 0.4) is 0 Å². The molecule has 0 bridgehead atoms. The number of β-amino-alcohol motifs (C(OH)–C–C–N with tert-alkyl or cyclic N) is 1. The third-order valence-corrected chi connectivity index (χ3v) is 3.87. The maximum atomic E-state index is 12.0. The van der Waals surface area contributed by atoms with Gasteiger partial charge in [0, 0.05) is 36.6 Å². The maximum absolute atomic E-state index is 12.0. The third-order valence-electron chi connectivity index (χ3n) is 3.63. The van der Waals surface area contributed by atoms with Crippen LogP contribution in [0.25, 0.3) is 0 Å². The normalized spacial score (nSPS) is 20.8. The molecule has 1 aromatic rings. The van der Waals surface area contributed by atoms with Gasteiger partial charge in [-0.1, -0.05) is 11.6 Å². The summed E-state index contributed by atoms with van der Waals surface area (Å²) in [6.07, 6.45) is -1.41. The first-order chi connectivity index (χ1) is 10.9. The lowest BCUT2D eigenvalue weighted by Crippen LogP contribution is -2.41. The van der Waals surface area contributed by atoms with Crippen LogP contribution in [0.2, 0.25) is 5.02 Å². The SMILES string of the molecule is CC(Oc1ccc(Cl)cc1[N+](=O)[O-])C(=O)NCC1CNCC1O.Cl. The van der Waals surface area contributed by atoms with Crippen molar-refractivity contribution in [2.45, 2.75) is 19.1 Å². The Morgan fingerprint density at radius 1 is 1.58 bits per heavy atom. The van der Waals surface area contributed by atoms with E-state index in [9.17, 15) is 20.0 Å². The summed E-state index contributed by atoms with van der Waals surface area (Å²) >= 11 is 5.73. The number of nitro benzene ring substituents is 1. The molecule has 24 heavy (non-hydrogen) atoms. The molecule has 134 valence electrons. The molecule has 2 rings (SSSR count). The lowest BCUT2D eigenvalue weighted by atomic mass is 10.1. The van der Waals surface area contributed by atoms with Crippen LogP contribution in [-0.4, -0.2) is 47.8 Å². The first-order valence-electron chi connectivity index (χ1n) is 7.15. The number of nitro groups is 1. The van der Waals surface area contributed by atoms with Crippen molar-refractivity contribution in [1.82, 2.24) is 10.6 Å². The van der Waals surface area contributed by atoms with Gasteiger partial charge in [-0.15, -0.1) is 12.4 Å². The highest BCUT2D eigenvalue weighted by atomic mass is 35.5. The second-order valence-corrected chi connectivity index (χ2v) is 5.80. The van der Waals surface area contributed by atoms with Gasteiger partial charge in [-0.05, 0) is 19.1 Å². The van der Waals surface area contributed by atoms with Crippen LogP contribution in [-0.2, 0) is 4.79 Å². The van der Waals surface area contributed by atoms with Gasteiger partial charge in [0.25, 0.3) is 5.91 Å². The van der Waals surface area contributed by atoms with Gasteiger partial charge in [-0.2, -0.15) is 0 Å². The summed E-state index contributed by atoms with van der Waals surface area (Å²) in [5.74, 6) is -0.492. The molecule has 3 N–H and O–H groups in total. The van der Waals surface area contributed by atoms with Gasteiger partial charge >= 0.3 is 5.69 Å². The number of benzene rings is 1. The predicted molar refractivity (Wildman–Crippen MR) is 90.8 cm³/mol. The molecular formula is C14H19Cl2N3O5. The van der Waals surface area contributed by atoms with Gasteiger partial charge in [-0.25, -0.2) is 0 Å². The van der Waals surface area contributed by atoms with E-state index in [0.29, 0.717) is 19.6 Å². The third kappa shape index (κ3) is 5.20. The molecule has 0 aromatic heterocycles. The molecule has 1 saturated heterocycles. The fourth-order valence-electron chi connectivity index (χ4n) is 2.28. The van der Waals surface area contributed by atoms with Crippen LogP contribution in [0.4, 0.5) is 5.69 Å². The van der Waals surface area contributed by atoms with Crippen LogP contribution < -0.4 is 15.4 Å². The van der Waals surface area contributed by atoms with Crippen LogP contribution in [0.5, 0.6) is 5.75 Å². The number of halogens is 2. The lowest BCUT2D eigenvalue weighted by Gasteiger charge is -2.18. The molecule has 1 aliphatic rings. The Morgan fingerprint density at radius 2 is 2.29 bits per heavy atom. The fourth-order valence-corrected chi connectivity index (χ4v) is 2.45. The van der Waals surface area contributed by atoms with Crippen LogP contribution in [0.1, 0.15) is 6.92 Å². The van der Waals surface area contributed by atoms with Crippen molar-refractivity contribution in [3.8, 4) is 5.75 Å². The highest BCUT2D eigenvalue weighted by Crippen LogP contribution is 2.30.